The lowest BCUT2D eigenvalue weighted by Crippen LogP contribution is -2.56. The van der Waals surface area contributed by atoms with Crippen molar-refractivity contribution in [3.8, 4) is 0 Å². The zero-order valence-corrected chi connectivity index (χ0v) is 15.6. The van der Waals surface area contributed by atoms with E-state index in [0.29, 0.717) is 19.4 Å². The number of carbonyl (C=O) groups excluding carboxylic acids is 4. The van der Waals surface area contributed by atoms with E-state index in [-0.39, 0.29) is 19.4 Å². The lowest BCUT2D eigenvalue weighted by Gasteiger charge is -2.26. The topological polar surface area (TPSA) is 222 Å². The number of rotatable bonds is 11. The average molecular weight is 415 g/mol. The van der Waals surface area contributed by atoms with Crippen molar-refractivity contribution in [3.05, 3.63) is 0 Å². The summed E-state index contributed by atoms with van der Waals surface area (Å²) in [6.45, 7) is 0.0385. The van der Waals surface area contributed by atoms with Crippen molar-refractivity contribution < 1.29 is 39.0 Å². The fourth-order valence-electron chi connectivity index (χ4n) is 2.93. The molecule has 13 heteroatoms. The maximum atomic E-state index is 12.6. The van der Waals surface area contributed by atoms with E-state index in [1.54, 1.807) is 0 Å². The number of hydrogen-bond donors (Lipinski definition) is 6. The molecule has 8 N–H and O–H groups in total. The summed E-state index contributed by atoms with van der Waals surface area (Å²) in [6.07, 6.45) is -0.492. The smallest absolute Gasteiger partial charge is 0.326 e. The van der Waals surface area contributed by atoms with Gasteiger partial charge in [-0.2, -0.15) is 0 Å². The van der Waals surface area contributed by atoms with Crippen LogP contribution in [0.4, 0.5) is 0 Å². The summed E-state index contributed by atoms with van der Waals surface area (Å²) in [5.74, 6) is -5.86. The predicted molar refractivity (Wildman–Crippen MR) is 96.0 cm³/mol. The van der Waals surface area contributed by atoms with Crippen LogP contribution in [0, 0.1) is 0 Å². The summed E-state index contributed by atoms with van der Waals surface area (Å²) in [5.41, 5.74) is 10.4. The lowest BCUT2D eigenvalue weighted by atomic mass is 10.1. The van der Waals surface area contributed by atoms with Crippen molar-refractivity contribution in [1.29, 1.82) is 0 Å². The molecule has 29 heavy (non-hydrogen) atoms. The van der Waals surface area contributed by atoms with E-state index in [9.17, 15) is 28.8 Å². The number of carboxylic acids is 2. The van der Waals surface area contributed by atoms with Gasteiger partial charge in [0.15, 0.2) is 0 Å². The minimum atomic E-state index is -1.73. The van der Waals surface area contributed by atoms with Crippen molar-refractivity contribution in [2.45, 2.75) is 50.2 Å². The highest BCUT2D eigenvalue weighted by Gasteiger charge is 2.36. The van der Waals surface area contributed by atoms with E-state index in [1.807, 2.05) is 5.32 Å². The highest BCUT2D eigenvalue weighted by Crippen LogP contribution is 2.17. The second-order valence-corrected chi connectivity index (χ2v) is 6.51. The number of carboxylic acid groups (broad SMARTS) is 2. The van der Waals surface area contributed by atoms with Gasteiger partial charge in [-0.3, -0.25) is 24.0 Å². The zero-order valence-electron chi connectivity index (χ0n) is 15.6. The first-order valence-electron chi connectivity index (χ1n) is 8.90. The van der Waals surface area contributed by atoms with Crippen LogP contribution in [0.5, 0.6) is 0 Å². The van der Waals surface area contributed by atoms with Gasteiger partial charge in [-0.25, -0.2) is 4.79 Å². The molecule has 0 aromatic rings. The molecule has 1 fully saturated rings. The van der Waals surface area contributed by atoms with Gasteiger partial charge >= 0.3 is 11.9 Å². The van der Waals surface area contributed by atoms with Gasteiger partial charge in [-0.05, 0) is 19.3 Å². The predicted octanol–water partition coefficient (Wildman–Crippen LogP) is -3.27. The molecule has 13 nitrogen and oxygen atoms in total. The van der Waals surface area contributed by atoms with Crippen LogP contribution in [0.15, 0.2) is 0 Å². The number of carbonyl (C=O) groups is 6. The molecule has 3 unspecified atom stereocenters. The van der Waals surface area contributed by atoms with Gasteiger partial charge in [0.2, 0.25) is 23.6 Å². The summed E-state index contributed by atoms with van der Waals surface area (Å²) in [4.78, 5) is 71.1. The van der Waals surface area contributed by atoms with Gasteiger partial charge in [0.1, 0.15) is 18.1 Å². The van der Waals surface area contributed by atoms with Crippen molar-refractivity contribution in [3.63, 3.8) is 0 Å². The van der Waals surface area contributed by atoms with Crippen LogP contribution in [0.3, 0.4) is 0 Å². The van der Waals surface area contributed by atoms with Gasteiger partial charge in [-0.1, -0.05) is 0 Å². The molecule has 0 saturated carbocycles. The van der Waals surface area contributed by atoms with Gasteiger partial charge in [0.25, 0.3) is 0 Å². The molecule has 162 valence electrons. The molecule has 1 heterocycles. The number of nitrogens with zero attached hydrogens (tertiary/aromatic N) is 1. The van der Waals surface area contributed by atoms with E-state index in [0.717, 1.165) is 0 Å². The van der Waals surface area contributed by atoms with Crippen LogP contribution >= 0.6 is 0 Å². The number of amides is 4. The van der Waals surface area contributed by atoms with Crippen molar-refractivity contribution >= 4 is 35.6 Å². The number of hydrogen-bond acceptors (Lipinski definition) is 7. The van der Waals surface area contributed by atoms with E-state index >= 15 is 0 Å². The van der Waals surface area contributed by atoms with Crippen molar-refractivity contribution in [2.75, 3.05) is 13.1 Å². The molecule has 3 atom stereocenters. The monoisotopic (exact) mass is 415 g/mol. The van der Waals surface area contributed by atoms with E-state index in [1.165, 1.54) is 4.90 Å². The molecule has 4 amide bonds. The molecule has 0 aromatic heterocycles. The first-order valence-corrected chi connectivity index (χ1v) is 8.90. The Labute approximate surface area is 165 Å². The average Bonchev–Trinajstić information content (AvgIpc) is 3.12. The van der Waals surface area contributed by atoms with Gasteiger partial charge in [0, 0.05) is 13.0 Å². The highest BCUT2D eigenvalue weighted by atomic mass is 16.4. The summed E-state index contributed by atoms with van der Waals surface area (Å²) in [7, 11) is 0. The lowest BCUT2D eigenvalue weighted by molar-refractivity contribution is -0.147. The summed E-state index contributed by atoms with van der Waals surface area (Å²) in [6, 6.07) is -3.93. The SMILES string of the molecule is NCC(=O)N1CCCC1C(=O)NC(CCC(N)=O)C(=O)NC(CC(=O)O)C(=O)O. The maximum absolute atomic E-state index is 12.6. The van der Waals surface area contributed by atoms with Gasteiger partial charge < -0.3 is 37.2 Å². The van der Waals surface area contributed by atoms with Gasteiger partial charge in [-0.15, -0.1) is 0 Å². The number of nitrogens with two attached hydrogens (primary N) is 2. The fourth-order valence-corrected chi connectivity index (χ4v) is 2.93. The third-order valence-corrected chi connectivity index (χ3v) is 4.36. The third-order valence-electron chi connectivity index (χ3n) is 4.36. The zero-order chi connectivity index (χ0) is 22.1. The minimum absolute atomic E-state index is 0.232. The maximum Gasteiger partial charge on any atom is 0.326 e. The Morgan fingerprint density at radius 3 is 2.24 bits per heavy atom. The molecule has 0 spiro atoms. The Morgan fingerprint density at radius 2 is 1.72 bits per heavy atom. The molecule has 0 aliphatic carbocycles. The van der Waals surface area contributed by atoms with E-state index < -0.39 is 60.1 Å². The Morgan fingerprint density at radius 1 is 1.07 bits per heavy atom. The molecule has 0 aromatic carbocycles. The molecular formula is C16H25N5O8. The van der Waals surface area contributed by atoms with E-state index in [2.05, 4.69) is 5.32 Å². The summed E-state index contributed by atoms with van der Waals surface area (Å²) < 4.78 is 0. The van der Waals surface area contributed by atoms with Gasteiger partial charge in [0.05, 0.1) is 13.0 Å². The standard InChI is InChI=1S/C16H25N5O8/c17-7-12(23)21-5-1-2-10(21)15(27)19-8(3-4-11(18)22)14(26)20-9(16(28)29)6-13(24)25/h8-10H,1-7,17H2,(H2,18,22)(H,19,27)(H,20,26)(H,24,25)(H,28,29). The third kappa shape index (κ3) is 7.37. The molecule has 1 aliphatic heterocycles. The molecule has 1 rings (SSSR count). The first-order chi connectivity index (χ1) is 13.6. The van der Waals surface area contributed by atoms with Crippen molar-refractivity contribution in [1.82, 2.24) is 15.5 Å². The Hall–Kier alpha value is -3.22. The largest absolute Gasteiger partial charge is 0.481 e. The molecule has 1 saturated heterocycles. The second kappa shape index (κ2) is 10.9. The minimum Gasteiger partial charge on any atom is -0.481 e. The number of aliphatic carboxylic acids is 2. The molecular weight excluding hydrogens is 390 g/mol. The van der Waals surface area contributed by atoms with Crippen molar-refractivity contribution in [2.24, 2.45) is 11.5 Å². The Balaban J connectivity index is 2.90. The normalized spacial score (nSPS) is 17.8. The number of primary amides is 1. The second-order valence-electron chi connectivity index (χ2n) is 6.51. The molecule has 1 aliphatic rings. The fraction of sp³-hybridized carbons (Fsp3) is 0.625. The Bertz CT molecular complexity index is 682. The molecule has 0 radical (unpaired) electrons. The van der Waals surface area contributed by atoms with E-state index in [4.69, 9.17) is 21.7 Å². The summed E-state index contributed by atoms with van der Waals surface area (Å²) in [5, 5.41) is 22.2. The Kier molecular flexibility index (Phi) is 8.99. The highest BCUT2D eigenvalue weighted by molar-refractivity contribution is 5.94. The van der Waals surface area contributed by atoms with Crippen LogP contribution in [0.25, 0.3) is 0 Å². The van der Waals surface area contributed by atoms with Crippen LogP contribution in [0.2, 0.25) is 0 Å². The number of nitrogens with one attached hydrogen (secondary N) is 2. The molecule has 0 bridgehead atoms. The number of likely N-dealkylation sites (tertiary alicyclic amines) is 1. The summed E-state index contributed by atoms with van der Waals surface area (Å²) >= 11 is 0. The van der Waals surface area contributed by atoms with Crippen LogP contribution < -0.4 is 22.1 Å². The van der Waals surface area contributed by atoms with Crippen LogP contribution in [-0.4, -0.2) is 81.9 Å². The van der Waals surface area contributed by atoms with Crippen LogP contribution in [0.1, 0.15) is 32.1 Å². The quantitative estimate of drug-likeness (QED) is 0.199. The first kappa shape index (κ1) is 23.8. The van der Waals surface area contributed by atoms with Crippen LogP contribution in [-0.2, 0) is 28.8 Å².